The average molecular weight is 516 g/mol. The van der Waals surface area contributed by atoms with Crippen LogP contribution in [0.15, 0.2) is 115 Å². The van der Waals surface area contributed by atoms with Crippen LogP contribution in [-0.2, 0) is 5.41 Å². The van der Waals surface area contributed by atoms with E-state index in [4.69, 9.17) is 0 Å². The fourth-order valence-corrected chi connectivity index (χ4v) is 8.30. The molecule has 1 aliphatic carbocycles. The summed E-state index contributed by atoms with van der Waals surface area (Å²) in [7, 11) is 0. The van der Waals surface area contributed by atoms with E-state index in [0.717, 1.165) is 0 Å². The van der Waals surface area contributed by atoms with Gasteiger partial charge in [-0.05, 0) is 63.9 Å². The first-order valence-corrected chi connectivity index (χ1v) is 14.4. The van der Waals surface area contributed by atoms with Crippen LogP contribution in [0, 0.1) is 0 Å². The van der Waals surface area contributed by atoms with E-state index in [0.29, 0.717) is 0 Å². The second kappa shape index (κ2) is 7.37. The molecule has 6 aromatic carbocycles. The molecule has 0 N–H and O–H groups in total. The average Bonchev–Trinajstić information content (AvgIpc) is 3.50. The Balaban J connectivity index is 1.49. The van der Waals surface area contributed by atoms with Crippen LogP contribution in [-0.4, -0.2) is 4.57 Å². The fourth-order valence-electron chi connectivity index (χ4n) is 7.21. The van der Waals surface area contributed by atoms with Gasteiger partial charge >= 0.3 is 0 Å². The molecule has 2 heteroatoms. The third kappa shape index (κ3) is 2.69. The molecular formula is C37H25NS. The lowest BCUT2D eigenvalue weighted by Gasteiger charge is -2.35. The Hall–Kier alpha value is -4.40. The number of hydrogen-bond acceptors (Lipinski definition) is 1. The summed E-state index contributed by atoms with van der Waals surface area (Å²) in [6, 6.07) is 43.0. The second-order valence-corrected chi connectivity index (χ2v) is 12.4. The highest BCUT2D eigenvalue weighted by Gasteiger charge is 2.35. The number of fused-ring (bicyclic) bond motifs is 9. The van der Waals surface area contributed by atoms with Gasteiger partial charge in [0.1, 0.15) is 0 Å². The van der Waals surface area contributed by atoms with Crippen molar-refractivity contribution in [2.24, 2.45) is 0 Å². The van der Waals surface area contributed by atoms with Gasteiger partial charge in [-0.1, -0.05) is 92.7 Å². The van der Waals surface area contributed by atoms with Crippen molar-refractivity contribution < 1.29 is 0 Å². The normalized spacial score (nSPS) is 14.1. The molecule has 0 spiro atoms. The van der Waals surface area contributed by atoms with Crippen molar-refractivity contribution in [1.29, 1.82) is 0 Å². The molecule has 0 amide bonds. The van der Waals surface area contributed by atoms with E-state index in [2.05, 4.69) is 134 Å². The van der Waals surface area contributed by atoms with Crippen LogP contribution >= 0.6 is 11.3 Å². The van der Waals surface area contributed by atoms with E-state index < -0.39 is 0 Å². The smallest absolute Gasteiger partial charge is 0.0553 e. The SMILES string of the molecule is CC1(C)c2ccccc2-c2c3c1cccc3cc1c2c2ccccc2n1-c1ccc2sc3ccccc3c2c1. The third-order valence-corrected chi connectivity index (χ3v) is 10.1. The first kappa shape index (κ1) is 21.5. The summed E-state index contributed by atoms with van der Waals surface area (Å²) in [6.07, 6.45) is 0. The van der Waals surface area contributed by atoms with Crippen LogP contribution < -0.4 is 0 Å². The number of thiophene rings is 1. The maximum absolute atomic E-state index is 2.49. The van der Waals surface area contributed by atoms with Crippen molar-refractivity contribution in [3.8, 4) is 16.8 Å². The molecule has 0 atom stereocenters. The highest BCUT2D eigenvalue weighted by atomic mass is 32.1. The zero-order chi connectivity index (χ0) is 25.9. The van der Waals surface area contributed by atoms with E-state index in [-0.39, 0.29) is 5.41 Å². The van der Waals surface area contributed by atoms with Crippen molar-refractivity contribution in [1.82, 2.24) is 4.57 Å². The number of benzene rings is 6. The summed E-state index contributed by atoms with van der Waals surface area (Å²) in [5.74, 6) is 0. The summed E-state index contributed by atoms with van der Waals surface area (Å²) in [5, 5.41) is 8.03. The molecule has 0 aliphatic heterocycles. The summed E-state index contributed by atoms with van der Waals surface area (Å²) < 4.78 is 5.16. The van der Waals surface area contributed by atoms with E-state index in [9.17, 15) is 0 Å². The van der Waals surface area contributed by atoms with E-state index in [1.807, 2.05) is 11.3 Å². The number of para-hydroxylation sites is 1. The van der Waals surface area contributed by atoms with Crippen LogP contribution in [0.1, 0.15) is 25.0 Å². The Labute approximate surface area is 230 Å². The minimum absolute atomic E-state index is 0.0554. The Morgan fingerprint density at radius 1 is 0.564 bits per heavy atom. The molecule has 1 nitrogen and oxygen atoms in total. The number of hydrogen-bond donors (Lipinski definition) is 0. The molecule has 0 fully saturated rings. The lowest BCUT2D eigenvalue weighted by Crippen LogP contribution is -2.23. The molecule has 39 heavy (non-hydrogen) atoms. The van der Waals surface area contributed by atoms with Crippen molar-refractivity contribution in [3.05, 3.63) is 126 Å². The summed E-state index contributed by atoms with van der Waals surface area (Å²) >= 11 is 1.87. The molecule has 2 heterocycles. The van der Waals surface area contributed by atoms with Crippen LogP contribution in [0.5, 0.6) is 0 Å². The predicted molar refractivity (Wildman–Crippen MR) is 169 cm³/mol. The molecule has 184 valence electrons. The van der Waals surface area contributed by atoms with Gasteiger partial charge in [0, 0.05) is 47.6 Å². The van der Waals surface area contributed by atoms with Crippen molar-refractivity contribution in [2.45, 2.75) is 19.3 Å². The standard InChI is InChI=1S/C37H25NS/c1-37(2)28-14-6-3-12-25(28)36-34-22(10-9-15-29(34)37)20-31-35(36)26-13-4-7-16-30(26)38(31)23-18-19-33-27(21-23)24-11-5-8-17-32(24)39-33/h3-21H,1-2H3. The van der Waals surface area contributed by atoms with Crippen LogP contribution in [0.3, 0.4) is 0 Å². The van der Waals surface area contributed by atoms with Gasteiger partial charge in [-0.15, -0.1) is 11.3 Å². The molecule has 0 saturated carbocycles. The van der Waals surface area contributed by atoms with Crippen molar-refractivity contribution in [2.75, 3.05) is 0 Å². The fraction of sp³-hybridized carbons (Fsp3) is 0.0811. The number of rotatable bonds is 1. The highest BCUT2D eigenvalue weighted by Crippen LogP contribution is 2.53. The van der Waals surface area contributed by atoms with Gasteiger partial charge in [0.2, 0.25) is 0 Å². The van der Waals surface area contributed by atoms with Gasteiger partial charge in [0.25, 0.3) is 0 Å². The summed E-state index contributed by atoms with van der Waals surface area (Å²) in [5.41, 5.74) is 9.23. The van der Waals surface area contributed by atoms with Gasteiger partial charge in [-0.2, -0.15) is 0 Å². The summed E-state index contributed by atoms with van der Waals surface area (Å²) in [6.45, 7) is 4.74. The maximum Gasteiger partial charge on any atom is 0.0553 e. The van der Waals surface area contributed by atoms with Gasteiger partial charge in [0.15, 0.2) is 0 Å². The molecule has 1 aliphatic rings. The maximum atomic E-state index is 2.49. The monoisotopic (exact) mass is 515 g/mol. The minimum Gasteiger partial charge on any atom is -0.309 e. The van der Waals surface area contributed by atoms with E-state index in [1.54, 1.807) is 0 Å². The van der Waals surface area contributed by atoms with Gasteiger partial charge in [0.05, 0.1) is 11.0 Å². The lowest BCUT2D eigenvalue weighted by atomic mass is 9.68. The molecule has 0 radical (unpaired) electrons. The Kier molecular flexibility index (Phi) is 4.07. The molecular weight excluding hydrogens is 490 g/mol. The van der Waals surface area contributed by atoms with E-state index in [1.165, 1.54) is 80.7 Å². The third-order valence-electron chi connectivity index (χ3n) is 8.96. The predicted octanol–water partition coefficient (Wildman–Crippen LogP) is 10.6. The van der Waals surface area contributed by atoms with Crippen molar-refractivity contribution in [3.63, 3.8) is 0 Å². The van der Waals surface area contributed by atoms with Crippen molar-refractivity contribution >= 4 is 64.1 Å². The number of nitrogens with zero attached hydrogens (tertiary/aromatic N) is 1. The molecule has 0 bridgehead atoms. The Bertz CT molecular complexity index is 2310. The quantitative estimate of drug-likeness (QED) is 0.205. The zero-order valence-electron chi connectivity index (χ0n) is 21.8. The molecule has 0 saturated heterocycles. The van der Waals surface area contributed by atoms with Gasteiger partial charge in [-0.3, -0.25) is 0 Å². The first-order chi connectivity index (χ1) is 19.1. The topological polar surface area (TPSA) is 4.93 Å². The zero-order valence-corrected chi connectivity index (χ0v) is 22.6. The molecule has 8 aromatic rings. The lowest BCUT2D eigenvalue weighted by molar-refractivity contribution is 0.645. The van der Waals surface area contributed by atoms with Crippen LogP contribution in [0.25, 0.3) is 69.6 Å². The molecule has 0 unspecified atom stereocenters. The van der Waals surface area contributed by atoms with Crippen LogP contribution in [0.2, 0.25) is 0 Å². The van der Waals surface area contributed by atoms with Gasteiger partial charge in [-0.25, -0.2) is 0 Å². The molecule has 2 aromatic heterocycles. The van der Waals surface area contributed by atoms with E-state index >= 15 is 0 Å². The second-order valence-electron chi connectivity index (χ2n) is 11.4. The summed E-state index contributed by atoms with van der Waals surface area (Å²) in [4.78, 5) is 0. The largest absolute Gasteiger partial charge is 0.309 e. The highest BCUT2D eigenvalue weighted by molar-refractivity contribution is 7.25. The Morgan fingerprint density at radius 3 is 2.23 bits per heavy atom. The Morgan fingerprint density at radius 2 is 1.31 bits per heavy atom. The number of aromatic nitrogens is 1. The molecule has 9 rings (SSSR count). The first-order valence-electron chi connectivity index (χ1n) is 13.6. The minimum atomic E-state index is -0.0554. The van der Waals surface area contributed by atoms with Crippen LogP contribution in [0.4, 0.5) is 0 Å². The van der Waals surface area contributed by atoms with Gasteiger partial charge < -0.3 is 4.57 Å².